The Morgan fingerprint density at radius 2 is 1.95 bits per heavy atom. The van der Waals surface area contributed by atoms with Gasteiger partial charge in [-0.3, -0.25) is 4.79 Å². The molecule has 0 radical (unpaired) electrons. The zero-order valence-electron chi connectivity index (χ0n) is 12.5. The summed E-state index contributed by atoms with van der Waals surface area (Å²) < 4.78 is 5.38. The third-order valence-corrected chi connectivity index (χ3v) is 3.23. The van der Waals surface area contributed by atoms with Gasteiger partial charge in [0, 0.05) is 12.6 Å². The van der Waals surface area contributed by atoms with Crippen LogP contribution in [0.1, 0.15) is 53.9 Å². The van der Waals surface area contributed by atoms with E-state index in [4.69, 9.17) is 9.84 Å². The Morgan fingerprint density at radius 3 is 2.42 bits per heavy atom. The molecule has 1 aliphatic rings. The fraction of sp³-hybridized carbons (Fsp3) is 0.857. The van der Waals surface area contributed by atoms with E-state index in [9.17, 15) is 9.59 Å². The number of carboxylic acids is 1. The molecule has 1 saturated heterocycles. The van der Waals surface area contributed by atoms with Gasteiger partial charge < -0.3 is 14.7 Å². The van der Waals surface area contributed by atoms with Crippen molar-refractivity contribution in [3.05, 3.63) is 0 Å². The van der Waals surface area contributed by atoms with Crippen LogP contribution in [0.25, 0.3) is 0 Å². The second-order valence-corrected chi connectivity index (χ2v) is 7.06. The molecule has 1 fully saturated rings. The van der Waals surface area contributed by atoms with E-state index in [1.165, 1.54) is 0 Å². The third-order valence-electron chi connectivity index (χ3n) is 3.23. The molecule has 0 spiro atoms. The normalized spacial score (nSPS) is 23.0. The zero-order chi connectivity index (χ0) is 14.8. The maximum atomic E-state index is 12.2. The first-order valence-corrected chi connectivity index (χ1v) is 6.72. The summed E-state index contributed by atoms with van der Waals surface area (Å²) >= 11 is 0. The second-order valence-electron chi connectivity index (χ2n) is 7.06. The van der Waals surface area contributed by atoms with E-state index in [1.807, 2.05) is 20.8 Å². The van der Waals surface area contributed by atoms with Crippen LogP contribution in [-0.2, 0) is 9.53 Å². The highest BCUT2D eigenvalue weighted by molar-refractivity contribution is 5.72. The summed E-state index contributed by atoms with van der Waals surface area (Å²) in [4.78, 5) is 24.7. The fourth-order valence-electron chi connectivity index (χ4n) is 2.33. The smallest absolute Gasteiger partial charge is 0.410 e. The van der Waals surface area contributed by atoms with E-state index in [1.54, 1.807) is 4.90 Å². The molecule has 1 N–H and O–H groups in total. The maximum Gasteiger partial charge on any atom is 0.410 e. The lowest BCUT2D eigenvalue weighted by molar-refractivity contribution is -0.139. The van der Waals surface area contributed by atoms with Gasteiger partial charge in [-0.25, -0.2) is 4.79 Å². The molecule has 1 unspecified atom stereocenters. The van der Waals surface area contributed by atoms with Crippen LogP contribution >= 0.6 is 0 Å². The summed E-state index contributed by atoms with van der Waals surface area (Å²) in [5.41, 5.74) is -0.557. The molecule has 0 saturated carbocycles. The van der Waals surface area contributed by atoms with E-state index in [0.717, 1.165) is 6.42 Å². The Labute approximate surface area is 114 Å². The van der Waals surface area contributed by atoms with Crippen LogP contribution in [0.2, 0.25) is 0 Å². The molecule has 5 nitrogen and oxygen atoms in total. The van der Waals surface area contributed by atoms with Gasteiger partial charge in [0.25, 0.3) is 0 Å². The minimum Gasteiger partial charge on any atom is -0.481 e. The van der Waals surface area contributed by atoms with Crippen molar-refractivity contribution in [2.24, 2.45) is 5.41 Å². The lowest BCUT2D eigenvalue weighted by Crippen LogP contribution is -2.51. The Kier molecular flexibility index (Phi) is 4.48. The SMILES string of the molecule is CC1(C)CCC(CC(=O)O)N(C(=O)OC(C)(C)C)C1. The van der Waals surface area contributed by atoms with Gasteiger partial charge in [-0.2, -0.15) is 0 Å². The molecule has 1 amide bonds. The van der Waals surface area contributed by atoms with E-state index in [0.29, 0.717) is 13.0 Å². The molecule has 0 aromatic heterocycles. The molecule has 0 aliphatic carbocycles. The lowest BCUT2D eigenvalue weighted by atomic mass is 9.81. The number of carbonyl (C=O) groups is 2. The van der Waals surface area contributed by atoms with Crippen LogP contribution in [0, 0.1) is 5.41 Å². The number of piperidine rings is 1. The van der Waals surface area contributed by atoms with Crippen LogP contribution < -0.4 is 0 Å². The molecule has 1 atom stereocenters. The van der Waals surface area contributed by atoms with Crippen molar-refractivity contribution in [3.63, 3.8) is 0 Å². The molecule has 0 bridgehead atoms. The highest BCUT2D eigenvalue weighted by atomic mass is 16.6. The Balaban J connectivity index is 2.81. The maximum absolute atomic E-state index is 12.2. The average molecular weight is 271 g/mol. The molecule has 0 aromatic carbocycles. The largest absolute Gasteiger partial charge is 0.481 e. The second kappa shape index (κ2) is 5.39. The van der Waals surface area contributed by atoms with Crippen molar-refractivity contribution in [1.29, 1.82) is 0 Å². The molecule has 19 heavy (non-hydrogen) atoms. The predicted molar refractivity (Wildman–Crippen MR) is 72.0 cm³/mol. The van der Waals surface area contributed by atoms with Crippen LogP contribution in [0.15, 0.2) is 0 Å². The highest BCUT2D eigenvalue weighted by Crippen LogP contribution is 2.34. The first-order valence-electron chi connectivity index (χ1n) is 6.72. The molecule has 1 aliphatic heterocycles. The van der Waals surface area contributed by atoms with E-state index in [2.05, 4.69) is 13.8 Å². The van der Waals surface area contributed by atoms with Crippen LogP contribution in [-0.4, -0.2) is 40.3 Å². The number of aliphatic carboxylic acids is 1. The van der Waals surface area contributed by atoms with E-state index < -0.39 is 17.7 Å². The third kappa shape index (κ3) is 5.09. The molecule has 1 rings (SSSR count). The summed E-state index contributed by atoms with van der Waals surface area (Å²) in [6.07, 6.45) is 1.20. The number of hydrogen-bond acceptors (Lipinski definition) is 3. The standard InChI is InChI=1S/C14H25NO4/c1-13(2,3)19-12(18)15-9-14(4,5)7-6-10(15)8-11(16)17/h10H,6-9H2,1-5H3,(H,16,17). The zero-order valence-corrected chi connectivity index (χ0v) is 12.5. The average Bonchev–Trinajstić information content (AvgIpc) is 2.17. The first-order chi connectivity index (χ1) is 8.50. The summed E-state index contributed by atoms with van der Waals surface area (Å²) in [7, 11) is 0. The fourth-order valence-corrected chi connectivity index (χ4v) is 2.33. The number of carboxylic acid groups (broad SMARTS) is 1. The molecular formula is C14H25NO4. The van der Waals surface area contributed by atoms with Gasteiger partial charge in [-0.1, -0.05) is 13.8 Å². The van der Waals surface area contributed by atoms with Crippen LogP contribution in [0.3, 0.4) is 0 Å². The minimum atomic E-state index is -0.877. The number of rotatable bonds is 2. The number of likely N-dealkylation sites (tertiary alicyclic amines) is 1. The molecule has 0 aromatic rings. The minimum absolute atomic E-state index is 0.00586. The Hall–Kier alpha value is -1.26. The van der Waals surface area contributed by atoms with E-state index in [-0.39, 0.29) is 17.9 Å². The Morgan fingerprint density at radius 1 is 1.37 bits per heavy atom. The highest BCUT2D eigenvalue weighted by Gasteiger charge is 2.38. The van der Waals surface area contributed by atoms with E-state index >= 15 is 0 Å². The predicted octanol–water partition coefficient (Wildman–Crippen LogP) is 2.89. The molecule has 5 heteroatoms. The van der Waals surface area contributed by atoms with Gasteiger partial charge in [0.15, 0.2) is 0 Å². The molecule has 110 valence electrons. The summed E-state index contributed by atoms with van der Waals surface area (Å²) in [6.45, 7) is 10.1. The van der Waals surface area contributed by atoms with Crippen LogP contribution in [0.4, 0.5) is 4.79 Å². The Bertz CT molecular complexity index is 357. The number of nitrogens with zero attached hydrogens (tertiary/aromatic N) is 1. The van der Waals surface area contributed by atoms with Crippen molar-refractivity contribution in [2.45, 2.75) is 65.5 Å². The van der Waals surface area contributed by atoms with Crippen molar-refractivity contribution in [3.8, 4) is 0 Å². The van der Waals surface area contributed by atoms with Crippen LogP contribution in [0.5, 0.6) is 0 Å². The van der Waals surface area contributed by atoms with Gasteiger partial charge >= 0.3 is 12.1 Å². The van der Waals surface area contributed by atoms with Gasteiger partial charge in [-0.15, -0.1) is 0 Å². The van der Waals surface area contributed by atoms with Gasteiger partial charge in [0.05, 0.1) is 6.42 Å². The number of ether oxygens (including phenoxy) is 1. The van der Waals surface area contributed by atoms with Crippen molar-refractivity contribution >= 4 is 12.1 Å². The summed E-state index contributed by atoms with van der Waals surface area (Å²) in [5.74, 6) is -0.877. The number of amides is 1. The van der Waals surface area contributed by atoms with Crippen molar-refractivity contribution in [1.82, 2.24) is 4.90 Å². The first kappa shape index (κ1) is 15.8. The van der Waals surface area contributed by atoms with Gasteiger partial charge in [0.2, 0.25) is 0 Å². The summed E-state index contributed by atoms with van der Waals surface area (Å²) in [6, 6.07) is -0.264. The van der Waals surface area contributed by atoms with Gasteiger partial charge in [0.1, 0.15) is 5.60 Å². The quantitative estimate of drug-likeness (QED) is 0.838. The topological polar surface area (TPSA) is 66.8 Å². The summed E-state index contributed by atoms with van der Waals surface area (Å²) in [5, 5.41) is 8.95. The van der Waals surface area contributed by atoms with Gasteiger partial charge in [-0.05, 0) is 39.0 Å². The lowest BCUT2D eigenvalue weighted by Gasteiger charge is -2.43. The number of hydrogen-bond donors (Lipinski definition) is 1. The monoisotopic (exact) mass is 271 g/mol. The molecular weight excluding hydrogens is 246 g/mol. The molecule has 1 heterocycles. The van der Waals surface area contributed by atoms with Crippen molar-refractivity contribution < 1.29 is 19.4 Å². The number of carbonyl (C=O) groups excluding carboxylic acids is 1. The van der Waals surface area contributed by atoms with Crippen molar-refractivity contribution in [2.75, 3.05) is 6.54 Å².